The molecule has 0 aliphatic carbocycles. The third-order valence-electron chi connectivity index (χ3n) is 7.57. The number of nitrogens with zero attached hydrogens (tertiary/aromatic N) is 1. The minimum atomic E-state index is -0.922. The molecule has 4 aromatic rings. The molecule has 1 aliphatic heterocycles. The first-order valence-electron chi connectivity index (χ1n) is 12.0. The molecule has 0 amide bonds. The Morgan fingerprint density at radius 3 is 2.31 bits per heavy atom. The maximum atomic E-state index is 2.56. The molecule has 5 rings (SSSR count). The van der Waals surface area contributed by atoms with Gasteiger partial charge in [-0.2, -0.15) is 0 Å². The van der Waals surface area contributed by atoms with Crippen LogP contribution in [0.15, 0.2) is 79.0 Å². The number of rotatable bonds is 3. The van der Waals surface area contributed by atoms with Crippen LogP contribution in [0.2, 0.25) is 25.2 Å². The molecule has 2 heteroatoms. The minimum Gasteiger partial charge on any atom is -0.200 e. The zero-order chi connectivity index (χ0) is 22.3. The third-order valence-corrected chi connectivity index (χ3v) is 10.9. The van der Waals surface area contributed by atoms with Gasteiger partial charge in [0.1, 0.15) is 7.05 Å². The van der Waals surface area contributed by atoms with Gasteiger partial charge in [-0.15, -0.1) is 0 Å². The summed E-state index contributed by atoms with van der Waals surface area (Å²) in [7, 11) is 1.25. The maximum absolute atomic E-state index is 2.56. The molecule has 162 valence electrons. The molecule has 1 aliphatic rings. The molecule has 1 aromatic heterocycles. The molecule has 2 heterocycles. The van der Waals surface area contributed by atoms with Crippen molar-refractivity contribution in [2.45, 2.75) is 50.9 Å². The summed E-state index contributed by atoms with van der Waals surface area (Å²) < 4.78 is 2.29. The zero-order valence-electron chi connectivity index (χ0n) is 19.9. The van der Waals surface area contributed by atoms with Crippen LogP contribution in [0.3, 0.4) is 0 Å². The summed E-state index contributed by atoms with van der Waals surface area (Å²) in [4.78, 5) is 0. The van der Waals surface area contributed by atoms with E-state index in [0.29, 0.717) is 0 Å². The first-order valence-corrected chi connectivity index (χ1v) is 15.4. The number of hydrogen-bond donors (Lipinski definition) is 0. The quantitative estimate of drug-likeness (QED) is 0.227. The molecule has 1 nitrogen and oxygen atoms in total. The van der Waals surface area contributed by atoms with E-state index in [1.165, 1.54) is 69.2 Å². The van der Waals surface area contributed by atoms with Gasteiger partial charge in [-0.1, -0.05) is 79.8 Å². The number of pyridine rings is 1. The first-order chi connectivity index (χ1) is 15.4. The molecule has 0 radical (unpaired) electrons. The molecule has 0 atom stereocenters. The SMILES string of the molecule is Cc1ccc(-c2ccccc2)cc1-c1c2ccc(C3CC[Si](C)(C)CC3)cc2cc[n+]1C. The molecule has 32 heavy (non-hydrogen) atoms. The molecule has 0 bridgehead atoms. The summed E-state index contributed by atoms with van der Waals surface area (Å²) in [5.41, 5.74) is 8.02. The topological polar surface area (TPSA) is 3.88 Å². The van der Waals surface area contributed by atoms with Gasteiger partial charge in [0.05, 0.1) is 10.9 Å². The Balaban J connectivity index is 1.58. The van der Waals surface area contributed by atoms with E-state index in [2.05, 4.69) is 111 Å². The molecular weight excluding hydrogens is 402 g/mol. The van der Waals surface area contributed by atoms with Crippen molar-refractivity contribution in [1.29, 1.82) is 0 Å². The van der Waals surface area contributed by atoms with Crippen molar-refractivity contribution in [3.05, 3.63) is 90.1 Å². The van der Waals surface area contributed by atoms with E-state index in [4.69, 9.17) is 0 Å². The Morgan fingerprint density at radius 2 is 1.56 bits per heavy atom. The largest absolute Gasteiger partial charge is 0.220 e. The Hall–Kier alpha value is -2.71. The molecule has 3 aromatic carbocycles. The number of aryl methyl sites for hydroxylation is 2. The van der Waals surface area contributed by atoms with E-state index >= 15 is 0 Å². The highest BCUT2D eigenvalue weighted by Gasteiger charge is 2.29. The third kappa shape index (κ3) is 4.04. The van der Waals surface area contributed by atoms with Gasteiger partial charge in [0.2, 0.25) is 5.69 Å². The number of aromatic nitrogens is 1. The Kier molecular flexibility index (Phi) is 5.50. The van der Waals surface area contributed by atoms with Crippen LogP contribution >= 0.6 is 0 Å². The molecule has 0 saturated carbocycles. The summed E-state index contributed by atoms with van der Waals surface area (Å²) in [6.07, 6.45) is 4.97. The lowest BCUT2D eigenvalue weighted by Crippen LogP contribution is -2.31. The van der Waals surface area contributed by atoms with Crippen molar-refractivity contribution in [3.8, 4) is 22.4 Å². The number of benzene rings is 3. The lowest BCUT2D eigenvalue weighted by molar-refractivity contribution is -0.659. The Morgan fingerprint density at radius 1 is 0.812 bits per heavy atom. The van der Waals surface area contributed by atoms with Crippen LogP contribution < -0.4 is 4.57 Å². The molecular formula is C30H34NSi+. The van der Waals surface area contributed by atoms with Crippen molar-refractivity contribution < 1.29 is 4.57 Å². The summed E-state index contributed by atoms with van der Waals surface area (Å²) in [6.45, 7) is 7.34. The van der Waals surface area contributed by atoms with Crippen LogP contribution in [-0.2, 0) is 7.05 Å². The van der Waals surface area contributed by atoms with Gasteiger partial charge in [-0.05, 0) is 65.5 Å². The van der Waals surface area contributed by atoms with Crippen LogP contribution in [0.5, 0.6) is 0 Å². The standard InChI is InChI=1S/C30H34NSi/c1-22-10-11-26(23-8-6-5-7-9-23)21-29(22)30-28-13-12-25(20-27(28)14-17-31(30)2)24-15-18-32(3,4)19-16-24/h5-14,17,20-21,24H,15-16,18-19H2,1-4H3/q+1. The van der Waals surface area contributed by atoms with E-state index < -0.39 is 8.07 Å². The van der Waals surface area contributed by atoms with Crippen molar-refractivity contribution in [1.82, 2.24) is 0 Å². The maximum Gasteiger partial charge on any atom is 0.220 e. The van der Waals surface area contributed by atoms with E-state index in [1.54, 1.807) is 0 Å². The zero-order valence-corrected chi connectivity index (χ0v) is 20.9. The monoisotopic (exact) mass is 436 g/mol. The summed E-state index contributed by atoms with van der Waals surface area (Å²) >= 11 is 0. The van der Waals surface area contributed by atoms with Crippen LogP contribution in [0.25, 0.3) is 33.2 Å². The average Bonchev–Trinajstić information content (AvgIpc) is 2.80. The van der Waals surface area contributed by atoms with Gasteiger partial charge in [-0.25, -0.2) is 4.57 Å². The fourth-order valence-corrected chi connectivity index (χ4v) is 7.91. The predicted octanol–water partition coefficient (Wildman–Crippen LogP) is 7.89. The summed E-state index contributed by atoms with van der Waals surface area (Å²) in [5.74, 6) is 0.737. The second kappa shape index (κ2) is 8.33. The predicted molar refractivity (Wildman–Crippen MR) is 140 cm³/mol. The van der Waals surface area contributed by atoms with E-state index in [-0.39, 0.29) is 0 Å². The van der Waals surface area contributed by atoms with Gasteiger partial charge >= 0.3 is 0 Å². The van der Waals surface area contributed by atoms with Gasteiger partial charge in [0.15, 0.2) is 6.20 Å². The minimum absolute atomic E-state index is 0.737. The van der Waals surface area contributed by atoms with Crippen LogP contribution in [-0.4, -0.2) is 8.07 Å². The van der Waals surface area contributed by atoms with E-state index in [0.717, 1.165) is 5.92 Å². The van der Waals surface area contributed by atoms with E-state index in [9.17, 15) is 0 Å². The van der Waals surface area contributed by atoms with Crippen LogP contribution in [0, 0.1) is 6.92 Å². The fourth-order valence-electron chi connectivity index (χ4n) is 5.40. The highest BCUT2D eigenvalue weighted by molar-refractivity contribution is 6.77. The van der Waals surface area contributed by atoms with Crippen molar-refractivity contribution in [2.24, 2.45) is 7.05 Å². The Labute approximate surface area is 193 Å². The summed E-state index contributed by atoms with van der Waals surface area (Å²) in [6, 6.07) is 30.1. The van der Waals surface area contributed by atoms with Gasteiger partial charge in [-0.3, -0.25) is 0 Å². The van der Waals surface area contributed by atoms with Crippen molar-refractivity contribution in [3.63, 3.8) is 0 Å². The second-order valence-corrected chi connectivity index (χ2v) is 15.8. The second-order valence-electron chi connectivity index (χ2n) is 10.5. The molecule has 0 unspecified atom stereocenters. The number of hydrogen-bond acceptors (Lipinski definition) is 0. The smallest absolute Gasteiger partial charge is 0.200 e. The fraction of sp³-hybridized carbons (Fsp3) is 0.300. The van der Waals surface area contributed by atoms with Gasteiger partial charge in [0.25, 0.3) is 0 Å². The molecule has 1 saturated heterocycles. The molecule has 0 N–H and O–H groups in total. The average molecular weight is 437 g/mol. The Bertz CT molecular complexity index is 1260. The van der Waals surface area contributed by atoms with E-state index in [1.807, 2.05) is 0 Å². The lowest BCUT2D eigenvalue weighted by Gasteiger charge is -2.33. The van der Waals surface area contributed by atoms with Crippen molar-refractivity contribution >= 4 is 18.8 Å². The molecule has 0 spiro atoms. The molecule has 1 fully saturated rings. The number of fused-ring (bicyclic) bond motifs is 1. The van der Waals surface area contributed by atoms with Crippen LogP contribution in [0.1, 0.15) is 29.9 Å². The van der Waals surface area contributed by atoms with Crippen molar-refractivity contribution in [2.75, 3.05) is 0 Å². The normalized spacial score (nSPS) is 16.4. The first kappa shape index (κ1) is 21.1. The van der Waals surface area contributed by atoms with Gasteiger partial charge < -0.3 is 0 Å². The summed E-state index contributed by atoms with van der Waals surface area (Å²) in [5, 5.41) is 2.71. The lowest BCUT2D eigenvalue weighted by atomic mass is 9.90. The van der Waals surface area contributed by atoms with Gasteiger partial charge in [0, 0.05) is 14.1 Å². The van der Waals surface area contributed by atoms with Crippen LogP contribution in [0.4, 0.5) is 0 Å². The highest BCUT2D eigenvalue weighted by atomic mass is 28.3. The highest BCUT2D eigenvalue weighted by Crippen LogP contribution is 2.40.